The van der Waals surface area contributed by atoms with Crippen LogP contribution in [0.1, 0.15) is 17.2 Å². The summed E-state index contributed by atoms with van der Waals surface area (Å²) in [5.41, 5.74) is 2.03. The zero-order chi connectivity index (χ0) is 20.6. The van der Waals surface area contributed by atoms with Crippen LogP contribution >= 0.6 is 11.8 Å². The van der Waals surface area contributed by atoms with E-state index >= 15 is 0 Å². The quantitative estimate of drug-likeness (QED) is 0.511. The van der Waals surface area contributed by atoms with E-state index in [1.165, 1.54) is 0 Å². The van der Waals surface area contributed by atoms with Crippen LogP contribution in [0.25, 0.3) is 0 Å². The summed E-state index contributed by atoms with van der Waals surface area (Å²) >= 11 is 1.59. The Morgan fingerprint density at radius 3 is 2.62 bits per heavy atom. The number of hydrogen-bond acceptors (Lipinski definition) is 5. The third-order valence-electron chi connectivity index (χ3n) is 4.55. The van der Waals surface area contributed by atoms with Crippen LogP contribution in [-0.2, 0) is 16.1 Å². The summed E-state index contributed by atoms with van der Waals surface area (Å²) in [7, 11) is 0. The van der Waals surface area contributed by atoms with Gasteiger partial charge in [-0.25, -0.2) is 4.79 Å². The van der Waals surface area contributed by atoms with Gasteiger partial charge in [-0.2, -0.15) is 11.8 Å². The molecule has 2 aromatic rings. The van der Waals surface area contributed by atoms with Gasteiger partial charge in [-0.1, -0.05) is 55.1 Å². The molecule has 2 amide bonds. The summed E-state index contributed by atoms with van der Waals surface area (Å²) < 4.78 is 11.4. The van der Waals surface area contributed by atoms with Crippen LogP contribution in [0.3, 0.4) is 0 Å². The maximum absolute atomic E-state index is 12.7. The lowest BCUT2D eigenvalue weighted by molar-refractivity contribution is -0.147. The Hall–Kier alpha value is -2.93. The van der Waals surface area contributed by atoms with Crippen molar-refractivity contribution in [2.75, 3.05) is 18.6 Å². The topological polar surface area (TPSA) is 76.7 Å². The van der Waals surface area contributed by atoms with E-state index in [0.717, 1.165) is 5.56 Å². The average molecular weight is 413 g/mol. The normalized spacial score (nSPS) is 18.5. The Balaban J connectivity index is 1.84. The van der Waals surface area contributed by atoms with E-state index in [4.69, 9.17) is 9.47 Å². The van der Waals surface area contributed by atoms with Crippen molar-refractivity contribution in [3.63, 3.8) is 0 Å². The predicted molar refractivity (Wildman–Crippen MR) is 114 cm³/mol. The molecule has 2 aromatic carbocycles. The molecule has 1 aliphatic heterocycles. The van der Waals surface area contributed by atoms with E-state index in [-0.39, 0.29) is 0 Å². The summed E-state index contributed by atoms with van der Waals surface area (Å²) in [6, 6.07) is 16.1. The molecule has 3 rings (SSSR count). The second-order valence-electron chi connectivity index (χ2n) is 6.55. The van der Waals surface area contributed by atoms with E-state index in [1.807, 2.05) is 60.9 Å². The smallest absolute Gasteiger partial charge is 0.319 e. The van der Waals surface area contributed by atoms with Crippen LogP contribution in [0.4, 0.5) is 4.79 Å². The molecule has 0 bridgehead atoms. The number of benzene rings is 2. The largest absolute Gasteiger partial charge is 0.489 e. The van der Waals surface area contributed by atoms with Gasteiger partial charge < -0.3 is 20.1 Å². The lowest BCUT2D eigenvalue weighted by Crippen LogP contribution is -2.51. The molecule has 0 aliphatic carbocycles. The molecule has 0 unspecified atom stereocenters. The molecule has 0 spiro atoms. The van der Waals surface area contributed by atoms with Gasteiger partial charge in [-0.05, 0) is 17.9 Å². The number of esters is 1. The minimum atomic E-state index is -0.754. The molecule has 0 aromatic heterocycles. The maximum atomic E-state index is 12.7. The molecule has 1 aliphatic rings. The first kappa shape index (κ1) is 20.8. The Kier molecular flexibility index (Phi) is 7.19. The summed E-state index contributed by atoms with van der Waals surface area (Å²) in [5, 5.41) is 5.41. The fraction of sp³-hybridized carbons (Fsp3) is 0.273. The van der Waals surface area contributed by atoms with E-state index in [2.05, 4.69) is 17.2 Å². The SMILES string of the molecule is C=C1NC(=O)N[C@H](c2ccccc2OCc2ccccc2)[C@H]1C(=O)OCCSC. The molecular weight excluding hydrogens is 388 g/mol. The van der Waals surface area contributed by atoms with Gasteiger partial charge in [0.2, 0.25) is 0 Å². The number of rotatable bonds is 8. The minimum absolute atomic E-state index is 0.302. The lowest BCUT2D eigenvalue weighted by atomic mass is 9.88. The first-order chi connectivity index (χ1) is 14.1. The van der Waals surface area contributed by atoms with Crippen LogP contribution < -0.4 is 15.4 Å². The van der Waals surface area contributed by atoms with Crippen LogP contribution in [0.2, 0.25) is 0 Å². The fourth-order valence-corrected chi connectivity index (χ4v) is 3.39. The van der Waals surface area contributed by atoms with Gasteiger partial charge >= 0.3 is 12.0 Å². The van der Waals surface area contributed by atoms with Gasteiger partial charge in [-0.15, -0.1) is 0 Å². The highest BCUT2D eigenvalue weighted by atomic mass is 32.2. The molecule has 7 heteroatoms. The zero-order valence-electron chi connectivity index (χ0n) is 16.2. The fourth-order valence-electron chi connectivity index (χ4n) is 3.14. The van der Waals surface area contributed by atoms with Gasteiger partial charge in [0, 0.05) is 17.0 Å². The number of thioether (sulfide) groups is 1. The van der Waals surface area contributed by atoms with Crippen molar-refractivity contribution in [2.45, 2.75) is 12.6 Å². The Bertz CT molecular complexity index is 872. The van der Waals surface area contributed by atoms with Gasteiger partial charge in [0.25, 0.3) is 0 Å². The van der Waals surface area contributed by atoms with Crippen molar-refractivity contribution in [3.8, 4) is 5.75 Å². The number of amides is 2. The molecule has 152 valence electrons. The van der Waals surface area contributed by atoms with Gasteiger partial charge in [0.05, 0.1) is 6.04 Å². The van der Waals surface area contributed by atoms with Crippen molar-refractivity contribution >= 4 is 23.8 Å². The zero-order valence-corrected chi connectivity index (χ0v) is 17.0. The van der Waals surface area contributed by atoms with Gasteiger partial charge in [0.1, 0.15) is 24.9 Å². The summed E-state index contributed by atoms with van der Waals surface area (Å²) in [6.45, 7) is 4.55. The highest BCUT2D eigenvalue weighted by Gasteiger charge is 2.40. The van der Waals surface area contributed by atoms with Gasteiger partial charge in [0.15, 0.2) is 0 Å². The third kappa shape index (κ3) is 5.32. The molecule has 1 fully saturated rings. The molecule has 1 heterocycles. The monoisotopic (exact) mass is 412 g/mol. The van der Waals surface area contributed by atoms with E-state index in [1.54, 1.807) is 11.8 Å². The Labute approximate surface area is 174 Å². The standard InChI is InChI=1S/C22H24N2O4S/c1-15-19(21(25)27-12-13-29-2)20(24-22(26)23-15)17-10-6-7-11-18(17)28-14-16-8-4-3-5-9-16/h3-11,19-20H,1,12-14H2,2H3,(H2,23,24,26)/t19-,20+/m0/s1. The number of carbonyl (C=O) groups excluding carboxylic acids is 2. The van der Waals surface area contributed by atoms with Crippen molar-refractivity contribution in [3.05, 3.63) is 78.0 Å². The summed E-state index contributed by atoms with van der Waals surface area (Å²) in [5.74, 6) is 0.111. The number of urea groups is 1. The number of carbonyl (C=O) groups is 2. The van der Waals surface area contributed by atoms with Crippen LogP contribution in [0.15, 0.2) is 66.9 Å². The van der Waals surface area contributed by atoms with Crippen molar-refractivity contribution < 1.29 is 19.1 Å². The number of hydrogen-bond donors (Lipinski definition) is 2. The predicted octanol–water partition coefficient (Wildman–Crippen LogP) is 3.66. The van der Waals surface area contributed by atoms with E-state index in [0.29, 0.717) is 36.0 Å². The van der Waals surface area contributed by atoms with E-state index in [9.17, 15) is 9.59 Å². The number of para-hydroxylation sites is 1. The molecule has 0 saturated carbocycles. The molecular formula is C22H24N2O4S. The molecule has 29 heavy (non-hydrogen) atoms. The second-order valence-corrected chi connectivity index (χ2v) is 7.54. The first-order valence-corrected chi connectivity index (χ1v) is 10.7. The highest BCUT2D eigenvalue weighted by Crippen LogP contribution is 2.35. The van der Waals surface area contributed by atoms with Crippen molar-refractivity contribution in [1.29, 1.82) is 0 Å². The summed E-state index contributed by atoms with van der Waals surface area (Å²) in [6.07, 6.45) is 1.94. The lowest BCUT2D eigenvalue weighted by Gasteiger charge is -2.34. The van der Waals surface area contributed by atoms with Crippen LogP contribution in [0.5, 0.6) is 5.75 Å². The number of ether oxygens (including phenoxy) is 2. The molecule has 2 atom stereocenters. The maximum Gasteiger partial charge on any atom is 0.319 e. The molecule has 6 nitrogen and oxygen atoms in total. The third-order valence-corrected chi connectivity index (χ3v) is 5.12. The Morgan fingerprint density at radius 2 is 1.86 bits per heavy atom. The van der Waals surface area contributed by atoms with Gasteiger partial charge in [-0.3, -0.25) is 4.79 Å². The highest BCUT2D eigenvalue weighted by molar-refractivity contribution is 7.98. The molecule has 2 N–H and O–H groups in total. The number of nitrogens with one attached hydrogen (secondary N) is 2. The van der Waals surface area contributed by atoms with Crippen LogP contribution in [0, 0.1) is 5.92 Å². The molecule has 0 radical (unpaired) electrons. The van der Waals surface area contributed by atoms with Crippen LogP contribution in [-0.4, -0.2) is 30.6 Å². The molecule has 1 saturated heterocycles. The first-order valence-electron chi connectivity index (χ1n) is 9.27. The van der Waals surface area contributed by atoms with E-state index < -0.39 is 24.0 Å². The Morgan fingerprint density at radius 1 is 1.14 bits per heavy atom. The average Bonchev–Trinajstić information content (AvgIpc) is 2.72. The van der Waals surface area contributed by atoms with Crippen molar-refractivity contribution in [2.24, 2.45) is 5.92 Å². The summed E-state index contributed by atoms with van der Waals surface area (Å²) in [4.78, 5) is 24.8. The second kappa shape index (κ2) is 10.0. The van der Waals surface area contributed by atoms with Crippen molar-refractivity contribution in [1.82, 2.24) is 10.6 Å². The minimum Gasteiger partial charge on any atom is -0.489 e.